The predicted molar refractivity (Wildman–Crippen MR) is 106 cm³/mol. The van der Waals surface area contributed by atoms with Crippen molar-refractivity contribution >= 4 is 17.6 Å². The fourth-order valence-electron chi connectivity index (χ4n) is 3.30. The van der Waals surface area contributed by atoms with Crippen LogP contribution in [-0.4, -0.2) is 20.6 Å². The Bertz CT molecular complexity index is 952. The molecule has 140 valence electrons. The third-order valence-electron chi connectivity index (χ3n) is 4.74. The van der Waals surface area contributed by atoms with Gasteiger partial charge < -0.3 is 15.0 Å². The molecule has 0 aliphatic rings. The first-order valence-electron chi connectivity index (χ1n) is 8.75. The van der Waals surface area contributed by atoms with E-state index >= 15 is 0 Å². The Hall–Kier alpha value is -2.63. The maximum Gasteiger partial charge on any atom is 0.337 e. The van der Waals surface area contributed by atoms with Gasteiger partial charge in [-0.2, -0.15) is 0 Å². The lowest BCUT2D eigenvalue weighted by Crippen LogP contribution is -2.16. The number of aromatic nitrogens is 2. The lowest BCUT2D eigenvalue weighted by molar-refractivity contribution is 0.0694. The number of aromatic carboxylic acids is 1. The number of nitrogens with zero attached hydrogens (tertiary/aromatic N) is 2. The van der Waals surface area contributed by atoms with Crippen molar-refractivity contribution in [2.24, 2.45) is 0 Å². The Kier molecular flexibility index (Phi) is 5.94. The Morgan fingerprint density at radius 1 is 1.11 bits per heavy atom. The average molecular weight is 384 g/mol. The molecule has 0 saturated heterocycles. The number of halogens is 1. The topological polar surface area (TPSA) is 67.2 Å². The summed E-state index contributed by atoms with van der Waals surface area (Å²) in [6.07, 6.45) is 1.75. The summed E-state index contributed by atoms with van der Waals surface area (Å²) in [5, 5.41) is 13.7. The molecule has 3 aromatic rings. The van der Waals surface area contributed by atoms with Gasteiger partial charge in [-0.1, -0.05) is 35.9 Å². The van der Waals surface area contributed by atoms with Crippen molar-refractivity contribution in [3.63, 3.8) is 0 Å². The molecule has 6 heteroatoms. The van der Waals surface area contributed by atoms with E-state index in [1.165, 1.54) is 0 Å². The molecule has 2 aromatic heterocycles. The molecular weight excluding hydrogens is 362 g/mol. The third kappa shape index (κ3) is 4.21. The summed E-state index contributed by atoms with van der Waals surface area (Å²) in [5.41, 5.74) is 4.69. The van der Waals surface area contributed by atoms with E-state index in [0.29, 0.717) is 30.2 Å². The van der Waals surface area contributed by atoms with Crippen LogP contribution < -0.4 is 5.32 Å². The van der Waals surface area contributed by atoms with Crippen LogP contribution in [0.3, 0.4) is 0 Å². The maximum absolute atomic E-state index is 11.9. The second-order valence-corrected chi connectivity index (χ2v) is 6.84. The normalized spacial score (nSPS) is 10.9. The quantitative estimate of drug-likeness (QED) is 0.642. The van der Waals surface area contributed by atoms with Crippen molar-refractivity contribution in [1.29, 1.82) is 0 Å². The van der Waals surface area contributed by atoms with Gasteiger partial charge in [0, 0.05) is 47.8 Å². The Balaban J connectivity index is 1.87. The molecule has 0 amide bonds. The van der Waals surface area contributed by atoms with Gasteiger partial charge in [0.2, 0.25) is 0 Å². The standard InChI is InChI=1S/C21H22ClN3O2/c1-14-18(12-23-11-17-8-5-6-10-24-17)20(21(26)27)15(2)25(14)13-16-7-3-4-9-19(16)22/h3-10,23H,11-13H2,1-2H3,(H,26,27). The first kappa shape index (κ1) is 19.1. The molecule has 0 unspecified atom stereocenters. The van der Waals surface area contributed by atoms with E-state index in [-0.39, 0.29) is 0 Å². The molecule has 0 bridgehead atoms. The van der Waals surface area contributed by atoms with E-state index in [9.17, 15) is 9.90 Å². The van der Waals surface area contributed by atoms with Crippen molar-refractivity contribution in [3.8, 4) is 0 Å². The van der Waals surface area contributed by atoms with E-state index in [1.807, 2.05) is 60.9 Å². The number of hydrogen-bond donors (Lipinski definition) is 2. The lowest BCUT2D eigenvalue weighted by atomic mass is 10.1. The molecule has 1 aromatic carbocycles. The van der Waals surface area contributed by atoms with Crippen LogP contribution in [0.1, 0.15) is 38.6 Å². The zero-order valence-electron chi connectivity index (χ0n) is 15.4. The number of hydrogen-bond acceptors (Lipinski definition) is 3. The molecule has 0 fully saturated rings. The van der Waals surface area contributed by atoms with Crippen molar-refractivity contribution in [2.45, 2.75) is 33.5 Å². The van der Waals surface area contributed by atoms with Gasteiger partial charge in [0.25, 0.3) is 0 Å². The smallest absolute Gasteiger partial charge is 0.337 e. The Morgan fingerprint density at radius 2 is 1.85 bits per heavy atom. The lowest BCUT2D eigenvalue weighted by Gasteiger charge is -2.11. The van der Waals surface area contributed by atoms with Crippen LogP contribution in [0, 0.1) is 13.8 Å². The summed E-state index contributed by atoms with van der Waals surface area (Å²) in [7, 11) is 0. The summed E-state index contributed by atoms with van der Waals surface area (Å²) in [6.45, 7) is 5.37. The van der Waals surface area contributed by atoms with Crippen LogP contribution in [0.5, 0.6) is 0 Å². The zero-order chi connectivity index (χ0) is 19.4. The van der Waals surface area contributed by atoms with Crippen LogP contribution in [0.4, 0.5) is 0 Å². The van der Waals surface area contributed by atoms with Gasteiger partial charge in [-0.15, -0.1) is 0 Å². The highest BCUT2D eigenvalue weighted by atomic mass is 35.5. The largest absolute Gasteiger partial charge is 0.478 e. The van der Waals surface area contributed by atoms with Crippen molar-refractivity contribution in [3.05, 3.63) is 87.5 Å². The van der Waals surface area contributed by atoms with Crippen LogP contribution in [-0.2, 0) is 19.6 Å². The predicted octanol–water partition coefficient (Wildman–Crippen LogP) is 4.19. The van der Waals surface area contributed by atoms with Crippen molar-refractivity contribution in [2.75, 3.05) is 0 Å². The first-order chi connectivity index (χ1) is 13.0. The summed E-state index contributed by atoms with van der Waals surface area (Å²) >= 11 is 6.29. The minimum atomic E-state index is -0.914. The minimum absolute atomic E-state index is 0.355. The molecule has 2 N–H and O–H groups in total. The van der Waals surface area contributed by atoms with E-state index in [4.69, 9.17) is 11.6 Å². The van der Waals surface area contributed by atoms with E-state index < -0.39 is 5.97 Å². The molecule has 5 nitrogen and oxygen atoms in total. The molecule has 0 aliphatic carbocycles. The van der Waals surface area contributed by atoms with Gasteiger partial charge in [-0.25, -0.2) is 4.79 Å². The number of carboxylic acid groups (broad SMARTS) is 1. The summed E-state index contributed by atoms with van der Waals surface area (Å²) in [6, 6.07) is 13.4. The highest BCUT2D eigenvalue weighted by Crippen LogP contribution is 2.25. The van der Waals surface area contributed by atoms with Gasteiger partial charge >= 0.3 is 5.97 Å². The van der Waals surface area contributed by atoms with Crippen LogP contribution in [0.25, 0.3) is 0 Å². The number of benzene rings is 1. The SMILES string of the molecule is Cc1c(CNCc2ccccn2)c(C(=O)O)c(C)n1Cc1ccccc1Cl. The molecule has 0 saturated carbocycles. The minimum Gasteiger partial charge on any atom is -0.478 e. The molecule has 27 heavy (non-hydrogen) atoms. The molecule has 0 spiro atoms. The molecule has 3 rings (SSSR count). The van der Waals surface area contributed by atoms with Crippen molar-refractivity contribution in [1.82, 2.24) is 14.9 Å². The second kappa shape index (κ2) is 8.37. The first-order valence-corrected chi connectivity index (χ1v) is 9.12. The number of carbonyl (C=O) groups is 1. The van der Waals surface area contributed by atoms with Gasteiger partial charge in [0.05, 0.1) is 11.3 Å². The Morgan fingerprint density at radius 3 is 2.52 bits per heavy atom. The summed E-state index contributed by atoms with van der Waals surface area (Å²) in [4.78, 5) is 16.2. The highest BCUT2D eigenvalue weighted by Gasteiger charge is 2.22. The van der Waals surface area contributed by atoms with Crippen molar-refractivity contribution < 1.29 is 9.90 Å². The molecular formula is C21H22ClN3O2. The summed E-state index contributed by atoms with van der Waals surface area (Å²) < 4.78 is 2.02. The molecule has 2 heterocycles. The van der Waals surface area contributed by atoms with Gasteiger partial charge in [0.1, 0.15) is 0 Å². The molecule has 0 radical (unpaired) electrons. The van der Waals surface area contributed by atoms with E-state index in [0.717, 1.165) is 28.2 Å². The average Bonchev–Trinajstić information content (AvgIpc) is 2.89. The highest BCUT2D eigenvalue weighted by molar-refractivity contribution is 6.31. The number of rotatable bonds is 7. The van der Waals surface area contributed by atoms with Gasteiger partial charge in [-0.3, -0.25) is 4.98 Å². The fraction of sp³-hybridized carbons (Fsp3) is 0.238. The van der Waals surface area contributed by atoms with Gasteiger partial charge in [-0.05, 0) is 37.6 Å². The zero-order valence-corrected chi connectivity index (χ0v) is 16.1. The maximum atomic E-state index is 11.9. The second-order valence-electron chi connectivity index (χ2n) is 6.43. The number of nitrogens with one attached hydrogen (secondary N) is 1. The fourth-order valence-corrected chi connectivity index (χ4v) is 3.50. The van der Waals surface area contributed by atoms with Crippen LogP contribution in [0.15, 0.2) is 48.7 Å². The van der Waals surface area contributed by atoms with Gasteiger partial charge in [0.15, 0.2) is 0 Å². The third-order valence-corrected chi connectivity index (χ3v) is 5.11. The number of carboxylic acids is 1. The van der Waals surface area contributed by atoms with Crippen LogP contribution in [0.2, 0.25) is 5.02 Å². The Labute approximate surface area is 163 Å². The van der Waals surface area contributed by atoms with E-state index in [1.54, 1.807) is 6.20 Å². The van der Waals surface area contributed by atoms with E-state index in [2.05, 4.69) is 10.3 Å². The number of pyridine rings is 1. The van der Waals surface area contributed by atoms with Crippen LogP contribution >= 0.6 is 11.6 Å². The summed E-state index contributed by atoms with van der Waals surface area (Å²) in [5.74, 6) is -0.914. The molecule has 0 atom stereocenters. The molecule has 0 aliphatic heterocycles. The monoisotopic (exact) mass is 383 g/mol.